The maximum Gasteiger partial charge on any atom is 0.325 e. The van der Waals surface area contributed by atoms with Gasteiger partial charge in [0.1, 0.15) is 6.54 Å². The molecule has 0 fully saturated rings. The second-order valence-corrected chi connectivity index (χ2v) is 4.14. The number of non-ortho nitro benzene ring substituents is 1. The predicted octanol–water partition coefficient (Wildman–Crippen LogP) is 1.10. The molecule has 0 aliphatic carbocycles. The monoisotopic (exact) mass is 311 g/mol. The van der Waals surface area contributed by atoms with Crippen LogP contribution in [0.4, 0.5) is 11.4 Å². The number of nitrogens with zero attached hydrogens (tertiary/aromatic N) is 2. The minimum Gasteiger partial charge on any atom is -0.465 e. The molecule has 0 aliphatic rings. The van der Waals surface area contributed by atoms with Gasteiger partial charge in [-0.05, 0) is 13.8 Å². The van der Waals surface area contributed by atoms with Gasteiger partial charge in [-0.1, -0.05) is 0 Å². The molecule has 0 aromatic heterocycles. The third-order valence-corrected chi connectivity index (χ3v) is 2.72. The van der Waals surface area contributed by atoms with Gasteiger partial charge in [0.15, 0.2) is 0 Å². The summed E-state index contributed by atoms with van der Waals surface area (Å²) >= 11 is 0. The normalized spacial score (nSPS) is 9.91. The highest BCUT2D eigenvalue weighted by atomic mass is 16.6. The van der Waals surface area contributed by atoms with E-state index in [1.807, 2.05) is 0 Å². The van der Waals surface area contributed by atoms with Crippen LogP contribution in [0, 0.1) is 27.2 Å². The SMILES string of the molecule is CCOC(=O)CNC(=O)c1cc([N+](=O)[O-])cc([N+](=O)[O-])c1C. The predicted molar refractivity (Wildman–Crippen MR) is 73.5 cm³/mol. The summed E-state index contributed by atoms with van der Waals surface area (Å²) in [6.07, 6.45) is 0. The van der Waals surface area contributed by atoms with Crippen molar-refractivity contribution in [3.05, 3.63) is 43.5 Å². The van der Waals surface area contributed by atoms with Crippen molar-refractivity contribution in [2.75, 3.05) is 13.2 Å². The number of benzene rings is 1. The van der Waals surface area contributed by atoms with Crippen LogP contribution in [0.5, 0.6) is 0 Å². The Morgan fingerprint density at radius 1 is 1.23 bits per heavy atom. The van der Waals surface area contributed by atoms with Gasteiger partial charge in [-0.3, -0.25) is 29.8 Å². The second-order valence-electron chi connectivity index (χ2n) is 4.14. The molecular weight excluding hydrogens is 298 g/mol. The number of ether oxygens (including phenoxy) is 1. The van der Waals surface area contributed by atoms with Crippen LogP contribution in [0.1, 0.15) is 22.8 Å². The van der Waals surface area contributed by atoms with Crippen molar-refractivity contribution in [2.45, 2.75) is 13.8 Å². The number of nitro groups is 2. The van der Waals surface area contributed by atoms with Crippen molar-refractivity contribution in [3.8, 4) is 0 Å². The Balaban J connectivity index is 3.11. The average Bonchev–Trinajstić information content (AvgIpc) is 2.44. The first-order chi connectivity index (χ1) is 10.3. The molecule has 0 atom stereocenters. The minimum absolute atomic E-state index is 0.0306. The topological polar surface area (TPSA) is 142 Å². The molecule has 1 N–H and O–H groups in total. The lowest BCUT2D eigenvalue weighted by Gasteiger charge is -2.08. The van der Waals surface area contributed by atoms with E-state index in [1.54, 1.807) is 6.92 Å². The van der Waals surface area contributed by atoms with Gasteiger partial charge in [0.05, 0.1) is 28.1 Å². The molecule has 118 valence electrons. The van der Waals surface area contributed by atoms with E-state index in [4.69, 9.17) is 0 Å². The van der Waals surface area contributed by atoms with Gasteiger partial charge in [0.25, 0.3) is 17.3 Å². The third kappa shape index (κ3) is 3.98. The summed E-state index contributed by atoms with van der Waals surface area (Å²) in [6.45, 7) is 2.58. The number of carbonyl (C=O) groups excluding carboxylic acids is 2. The molecule has 0 saturated heterocycles. The van der Waals surface area contributed by atoms with E-state index < -0.39 is 39.6 Å². The van der Waals surface area contributed by atoms with Crippen LogP contribution < -0.4 is 5.32 Å². The van der Waals surface area contributed by atoms with Crippen molar-refractivity contribution in [1.29, 1.82) is 0 Å². The summed E-state index contributed by atoms with van der Waals surface area (Å²) in [6, 6.07) is 1.69. The smallest absolute Gasteiger partial charge is 0.325 e. The second kappa shape index (κ2) is 7.11. The highest BCUT2D eigenvalue weighted by Crippen LogP contribution is 2.27. The molecule has 0 spiro atoms. The first-order valence-electron chi connectivity index (χ1n) is 6.15. The fraction of sp³-hybridized carbons (Fsp3) is 0.333. The van der Waals surface area contributed by atoms with Gasteiger partial charge < -0.3 is 10.1 Å². The Morgan fingerprint density at radius 2 is 1.86 bits per heavy atom. The van der Waals surface area contributed by atoms with Gasteiger partial charge in [-0.2, -0.15) is 0 Å². The quantitative estimate of drug-likeness (QED) is 0.471. The number of esters is 1. The largest absolute Gasteiger partial charge is 0.465 e. The molecule has 1 amide bonds. The van der Waals surface area contributed by atoms with Crippen LogP contribution in [0.2, 0.25) is 0 Å². The van der Waals surface area contributed by atoms with Crippen LogP contribution in [0.15, 0.2) is 12.1 Å². The first kappa shape index (κ1) is 17.0. The summed E-state index contributed by atoms with van der Waals surface area (Å²) in [7, 11) is 0. The highest BCUT2D eigenvalue weighted by molar-refractivity contribution is 5.98. The lowest BCUT2D eigenvalue weighted by atomic mass is 10.0. The number of carbonyl (C=O) groups is 2. The van der Waals surface area contributed by atoms with Crippen molar-refractivity contribution >= 4 is 23.3 Å². The number of rotatable bonds is 6. The molecule has 1 rings (SSSR count). The number of nitro benzene ring substituents is 2. The van der Waals surface area contributed by atoms with Crippen molar-refractivity contribution in [1.82, 2.24) is 5.32 Å². The molecule has 0 unspecified atom stereocenters. The lowest BCUT2D eigenvalue weighted by molar-refractivity contribution is -0.394. The van der Waals surface area contributed by atoms with Crippen molar-refractivity contribution in [3.63, 3.8) is 0 Å². The van der Waals surface area contributed by atoms with Crippen molar-refractivity contribution in [2.24, 2.45) is 0 Å². The van der Waals surface area contributed by atoms with E-state index in [-0.39, 0.29) is 17.7 Å². The van der Waals surface area contributed by atoms with Gasteiger partial charge in [0, 0.05) is 11.6 Å². The average molecular weight is 311 g/mol. The molecule has 0 radical (unpaired) electrons. The van der Waals surface area contributed by atoms with Crippen LogP contribution >= 0.6 is 0 Å². The molecule has 0 aliphatic heterocycles. The number of hydrogen-bond acceptors (Lipinski definition) is 7. The Kier molecular flexibility index (Phi) is 5.50. The Hall–Kier alpha value is -3.04. The van der Waals surface area contributed by atoms with E-state index in [9.17, 15) is 29.8 Å². The Bertz CT molecular complexity index is 642. The molecule has 0 bridgehead atoms. The molecular formula is C12H13N3O7. The van der Waals surface area contributed by atoms with Gasteiger partial charge in [-0.15, -0.1) is 0 Å². The molecule has 10 nitrogen and oxygen atoms in total. The van der Waals surface area contributed by atoms with E-state index in [1.165, 1.54) is 6.92 Å². The number of amides is 1. The summed E-state index contributed by atoms with van der Waals surface area (Å²) in [5.41, 5.74) is -1.41. The molecule has 10 heteroatoms. The maximum absolute atomic E-state index is 12.0. The summed E-state index contributed by atoms with van der Waals surface area (Å²) < 4.78 is 4.61. The van der Waals surface area contributed by atoms with Crippen LogP contribution in [0.25, 0.3) is 0 Å². The standard InChI is InChI=1S/C12H13N3O7/c1-3-22-11(16)6-13-12(17)9-4-8(14(18)19)5-10(7(9)2)15(20)21/h4-5H,3,6H2,1-2H3,(H,13,17). The first-order valence-corrected chi connectivity index (χ1v) is 6.15. The molecule has 22 heavy (non-hydrogen) atoms. The van der Waals surface area contributed by atoms with Crippen LogP contribution in [-0.2, 0) is 9.53 Å². The lowest BCUT2D eigenvalue weighted by Crippen LogP contribution is -2.31. The fourth-order valence-electron chi connectivity index (χ4n) is 1.67. The number of nitrogens with one attached hydrogen (secondary N) is 1. The van der Waals surface area contributed by atoms with Crippen LogP contribution in [0.3, 0.4) is 0 Å². The van der Waals surface area contributed by atoms with Gasteiger partial charge >= 0.3 is 5.97 Å². The fourth-order valence-corrected chi connectivity index (χ4v) is 1.67. The zero-order chi connectivity index (χ0) is 16.9. The van der Waals surface area contributed by atoms with E-state index in [0.717, 1.165) is 12.1 Å². The van der Waals surface area contributed by atoms with Gasteiger partial charge in [-0.25, -0.2) is 0 Å². The minimum atomic E-state index is -0.839. The Morgan fingerprint density at radius 3 is 2.36 bits per heavy atom. The van der Waals surface area contributed by atoms with Crippen LogP contribution in [-0.4, -0.2) is 34.9 Å². The molecule has 1 aromatic carbocycles. The zero-order valence-electron chi connectivity index (χ0n) is 11.8. The Labute approximate surface area is 124 Å². The number of hydrogen-bond donors (Lipinski definition) is 1. The summed E-state index contributed by atoms with van der Waals surface area (Å²) in [4.78, 5) is 43.2. The third-order valence-electron chi connectivity index (χ3n) is 2.72. The van der Waals surface area contributed by atoms with E-state index in [0.29, 0.717) is 0 Å². The molecule has 0 heterocycles. The van der Waals surface area contributed by atoms with Crippen molar-refractivity contribution < 1.29 is 24.2 Å². The molecule has 1 aromatic rings. The molecule has 0 saturated carbocycles. The van der Waals surface area contributed by atoms with Gasteiger partial charge in [0.2, 0.25) is 0 Å². The summed E-state index contributed by atoms with van der Waals surface area (Å²) in [5.74, 6) is -1.52. The van der Waals surface area contributed by atoms with E-state index >= 15 is 0 Å². The highest BCUT2D eigenvalue weighted by Gasteiger charge is 2.24. The summed E-state index contributed by atoms with van der Waals surface area (Å²) in [5, 5.41) is 23.9. The maximum atomic E-state index is 12.0. The zero-order valence-corrected chi connectivity index (χ0v) is 11.8. The van der Waals surface area contributed by atoms with E-state index in [2.05, 4.69) is 10.1 Å².